The predicted molar refractivity (Wildman–Crippen MR) is 174 cm³/mol. The molecule has 4 N–H and O–H groups in total. The molecule has 0 bridgehead atoms. The van der Waals surface area contributed by atoms with Gasteiger partial charge in [-0.3, -0.25) is 14.9 Å². The number of carbonyl (C=O) groups is 3. The zero-order valence-corrected chi connectivity index (χ0v) is 26.4. The average Bonchev–Trinajstić information content (AvgIpc) is 3.62. The van der Waals surface area contributed by atoms with Crippen LogP contribution in [0.25, 0.3) is 22.9 Å². The maximum absolute atomic E-state index is 13.4. The molecule has 2 atom stereocenters. The van der Waals surface area contributed by atoms with Crippen LogP contribution in [0.4, 0.5) is 15.3 Å². The Bertz CT molecular complexity index is 1810. The summed E-state index contributed by atoms with van der Waals surface area (Å²) in [7, 11) is 2.86. The lowest BCUT2D eigenvalue weighted by atomic mass is 9.89. The lowest BCUT2D eigenvalue weighted by Gasteiger charge is -2.34. The fraction of sp³-hybridized carbons (Fsp3) is 0.290. The molecule has 5 rings (SSSR count). The molecule has 15 nitrogen and oxygen atoms in total. The van der Waals surface area contributed by atoms with Crippen LogP contribution in [0.2, 0.25) is 5.02 Å². The van der Waals surface area contributed by atoms with Crippen molar-refractivity contribution in [3.63, 3.8) is 0 Å². The van der Waals surface area contributed by atoms with Gasteiger partial charge in [-0.2, -0.15) is 9.78 Å². The van der Waals surface area contributed by atoms with Crippen molar-refractivity contribution in [3.8, 4) is 16.8 Å². The molecular formula is C31H33ClN10O5. The minimum absolute atomic E-state index is 0.0514. The summed E-state index contributed by atoms with van der Waals surface area (Å²) < 4.78 is 6.09. The van der Waals surface area contributed by atoms with Crippen LogP contribution >= 0.6 is 11.6 Å². The van der Waals surface area contributed by atoms with Crippen LogP contribution < -0.4 is 21.5 Å². The van der Waals surface area contributed by atoms with E-state index >= 15 is 0 Å². The summed E-state index contributed by atoms with van der Waals surface area (Å²) in [5, 5.41) is 26.9. The van der Waals surface area contributed by atoms with Gasteiger partial charge in [0.25, 0.3) is 5.56 Å². The molecule has 0 saturated carbocycles. The van der Waals surface area contributed by atoms with Gasteiger partial charge in [0.05, 0.1) is 30.1 Å². The molecule has 0 spiro atoms. The van der Waals surface area contributed by atoms with Crippen molar-refractivity contribution in [3.05, 3.63) is 87.6 Å². The monoisotopic (exact) mass is 660 g/mol. The third-order valence-electron chi connectivity index (χ3n) is 7.71. The first kappa shape index (κ1) is 32.8. The highest BCUT2D eigenvalue weighted by Gasteiger charge is 2.28. The van der Waals surface area contributed by atoms with E-state index in [1.54, 1.807) is 66.6 Å². The summed E-state index contributed by atoms with van der Waals surface area (Å²) in [4.78, 5) is 52.0. The van der Waals surface area contributed by atoms with Crippen LogP contribution in [-0.4, -0.2) is 80.6 Å². The van der Waals surface area contributed by atoms with Gasteiger partial charge in [-0.05, 0) is 83.6 Å². The Morgan fingerprint density at radius 2 is 1.98 bits per heavy atom. The van der Waals surface area contributed by atoms with Gasteiger partial charge in [0.15, 0.2) is 0 Å². The molecular weight excluding hydrogens is 628 g/mol. The maximum Gasteiger partial charge on any atom is 0.411 e. The molecule has 3 heterocycles. The number of aromatic amines is 1. The number of piperidine rings is 1. The van der Waals surface area contributed by atoms with E-state index in [1.807, 2.05) is 0 Å². The van der Waals surface area contributed by atoms with Crippen LogP contribution in [0.15, 0.2) is 65.7 Å². The molecule has 47 heavy (non-hydrogen) atoms. The zero-order chi connectivity index (χ0) is 33.3. The predicted octanol–water partition coefficient (Wildman–Crippen LogP) is 3.56. The number of nitrogens with zero attached hydrogens (tertiary/aromatic N) is 6. The minimum atomic E-state index is -0.617. The largest absolute Gasteiger partial charge is 0.453 e. The van der Waals surface area contributed by atoms with Crippen molar-refractivity contribution in [2.24, 2.45) is 5.92 Å². The molecule has 4 aromatic rings. The van der Waals surface area contributed by atoms with Crippen molar-refractivity contribution in [2.45, 2.75) is 25.3 Å². The molecule has 1 fully saturated rings. The van der Waals surface area contributed by atoms with Crippen LogP contribution in [0.5, 0.6) is 0 Å². The molecule has 2 unspecified atom stereocenters. The number of urea groups is 1. The van der Waals surface area contributed by atoms with E-state index in [1.165, 1.54) is 24.2 Å². The Morgan fingerprint density at radius 3 is 2.70 bits per heavy atom. The number of amides is 4. The highest BCUT2D eigenvalue weighted by molar-refractivity contribution is 6.30. The number of H-pyrrole nitrogens is 1. The smallest absolute Gasteiger partial charge is 0.411 e. The van der Waals surface area contributed by atoms with Gasteiger partial charge in [-0.1, -0.05) is 23.7 Å². The number of hydrogen-bond donors (Lipinski definition) is 4. The highest BCUT2D eigenvalue weighted by Crippen LogP contribution is 2.29. The maximum atomic E-state index is 13.4. The number of methoxy groups -OCH3 is 1. The molecule has 2 aromatic heterocycles. The van der Waals surface area contributed by atoms with Gasteiger partial charge < -0.3 is 20.3 Å². The molecule has 0 aliphatic carbocycles. The van der Waals surface area contributed by atoms with Crippen molar-refractivity contribution < 1.29 is 19.1 Å². The molecule has 244 valence electrons. The fourth-order valence-corrected chi connectivity index (χ4v) is 5.61. The molecule has 1 saturated heterocycles. The van der Waals surface area contributed by atoms with Gasteiger partial charge in [-0.25, -0.2) is 14.7 Å². The number of likely N-dealkylation sites (tertiary alicyclic amines) is 1. The number of anilines is 1. The third kappa shape index (κ3) is 8.38. The average molecular weight is 661 g/mol. The normalized spacial score (nSPS) is 15.2. The highest BCUT2D eigenvalue weighted by atomic mass is 35.5. The number of nitrogens with one attached hydrogen (secondary N) is 4. The van der Waals surface area contributed by atoms with Gasteiger partial charge in [-0.15, -0.1) is 5.10 Å². The van der Waals surface area contributed by atoms with Crippen molar-refractivity contribution >= 4 is 41.4 Å². The summed E-state index contributed by atoms with van der Waals surface area (Å²) in [5.41, 5.74) is 2.64. The Balaban J connectivity index is 1.42. The lowest BCUT2D eigenvalue weighted by Crippen LogP contribution is -2.45. The molecule has 2 aromatic carbocycles. The molecule has 1 aliphatic heterocycles. The first-order chi connectivity index (χ1) is 22.7. The molecule has 0 radical (unpaired) electrons. The molecule has 16 heteroatoms. The number of aromatic nitrogens is 6. The minimum Gasteiger partial charge on any atom is -0.453 e. The number of hydrogen-bond acceptors (Lipinski definition) is 9. The number of halogens is 1. The van der Waals surface area contributed by atoms with Crippen LogP contribution in [0, 0.1) is 5.92 Å². The van der Waals surface area contributed by atoms with Crippen LogP contribution in [0.1, 0.15) is 36.6 Å². The second kappa shape index (κ2) is 15.1. The summed E-state index contributed by atoms with van der Waals surface area (Å²) in [5.74, 6) is -0.361. The van der Waals surface area contributed by atoms with Crippen molar-refractivity contribution in [1.82, 2.24) is 45.9 Å². The summed E-state index contributed by atoms with van der Waals surface area (Å²) in [6, 6.07) is 12.7. The van der Waals surface area contributed by atoms with E-state index in [9.17, 15) is 19.2 Å². The Kier molecular flexibility index (Phi) is 10.6. The quantitative estimate of drug-likeness (QED) is 0.195. The third-order valence-corrected chi connectivity index (χ3v) is 7.95. The number of benzene rings is 2. The number of rotatable bonds is 9. The van der Waals surface area contributed by atoms with E-state index in [2.05, 4.69) is 46.4 Å². The van der Waals surface area contributed by atoms with Crippen molar-refractivity contribution in [2.75, 3.05) is 32.6 Å². The van der Waals surface area contributed by atoms with Crippen molar-refractivity contribution in [1.29, 1.82) is 0 Å². The second-order valence-electron chi connectivity index (χ2n) is 10.8. The van der Waals surface area contributed by atoms with Gasteiger partial charge >= 0.3 is 12.1 Å². The first-order valence-corrected chi connectivity index (χ1v) is 15.1. The summed E-state index contributed by atoms with van der Waals surface area (Å²) in [6.07, 6.45) is 5.92. The van der Waals surface area contributed by atoms with E-state index in [0.717, 1.165) is 12.8 Å². The Hall–Kier alpha value is -5.57. The number of carbonyl (C=O) groups excluding carboxylic acids is 3. The molecule has 1 aliphatic rings. The fourth-order valence-electron chi connectivity index (χ4n) is 5.43. The first-order valence-electron chi connectivity index (χ1n) is 14.8. The van der Waals surface area contributed by atoms with E-state index < -0.39 is 23.6 Å². The lowest BCUT2D eigenvalue weighted by molar-refractivity contribution is -0.117. The van der Waals surface area contributed by atoms with Gasteiger partial charge in [0.1, 0.15) is 6.33 Å². The summed E-state index contributed by atoms with van der Waals surface area (Å²) in [6.45, 7) is 1.14. The van der Waals surface area contributed by atoms with Crippen LogP contribution in [-0.2, 0) is 9.53 Å². The second-order valence-corrected chi connectivity index (χ2v) is 11.3. The topological polar surface area (TPSA) is 189 Å². The van der Waals surface area contributed by atoms with Gasteiger partial charge in [0, 0.05) is 42.5 Å². The Morgan fingerprint density at radius 1 is 1.17 bits per heavy atom. The van der Waals surface area contributed by atoms with Gasteiger partial charge in [0.2, 0.25) is 5.91 Å². The molecule has 4 amide bonds. The number of ether oxygens (including phenoxy) is 1. The SMILES string of the molecule is CNC(=O)N1CCCC(CC(NC(=O)/C=C/c2cc(Cl)ccc2-n2cnnn2)c2cc(-c3ccc(NC(=O)OC)cc3)c(=O)[nH]n2)C1. The number of tetrazole rings is 1. The van der Waals surface area contributed by atoms with E-state index in [0.29, 0.717) is 58.3 Å². The van der Waals surface area contributed by atoms with E-state index in [-0.39, 0.29) is 11.9 Å². The Labute approximate surface area is 274 Å². The zero-order valence-electron chi connectivity index (χ0n) is 25.6. The van der Waals surface area contributed by atoms with Crippen LogP contribution in [0.3, 0.4) is 0 Å². The summed E-state index contributed by atoms with van der Waals surface area (Å²) >= 11 is 6.24. The van der Waals surface area contributed by atoms with E-state index in [4.69, 9.17) is 11.6 Å². The standard InChI is InChI=1S/C31H33ClN10O5/c1-33-30(45)41-13-3-4-19(17-41)14-25(36-28(43)12-7-21-15-22(32)8-11-27(21)42-18-34-39-40-42)26-16-24(29(44)38-37-26)20-5-9-23(10-6-20)35-31(46)47-2/h5-12,15-16,18-19,25H,3-4,13-14,17H2,1-2H3,(H,33,45)(H,35,46)(H,36,43)(H,38,44)/b12-7+.